The number of nitrogens with one attached hydrogen (secondary N) is 2. The number of rotatable bonds is 3. The molecular weight excluding hydrogens is 294 g/mol. The van der Waals surface area contributed by atoms with Crippen molar-refractivity contribution in [3.63, 3.8) is 0 Å². The van der Waals surface area contributed by atoms with Crippen molar-refractivity contribution in [1.82, 2.24) is 15.2 Å². The summed E-state index contributed by atoms with van der Waals surface area (Å²) in [5.74, 6) is -0.376. The summed E-state index contributed by atoms with van der Waals surface area (Å²) in [7, 11) is 0. The summed E-state index contributed by atoms with van der Waals surface area (Å²) in [6, 6.07) is 1.51. The molecule has 0 aliphatic carbocycles. The maximum Gasteiger partial charge on any atom is 0.261 e. The lowest BCUT2D eigenvalue weighted by atomic mass is 9.96. The van der Waals surface area contributed by atoms with Crippen molar-refractivity contribution in [1.29, 1.82) is 0 Å². The summed E-state index contributed by atoms with van der Waals surface area (Å²) in [5.41, 5.74) is 1.10. The second-order valence-corrected chi connectivity index (χ2v) is 7.55. The van der Waals surface area contributed by atoms with Crippen LogP contribution in [0, 0.1) is 19.3 Å². The van der Waals surface area contributed by atoms with Gasteiger partial charge in [0.05, 0.1) is 6.04 Å². The average Bonchev–Trinajstić information content (AvgIpc) is 2.65. The number of pyridine rings is 1. The lowest BCUT2D eigenvalue weighted by Gasteiger charge is -2.26. The van der Waals surface area contributed by atoms with Gasteiger partial charge in [0, 0.05) is 25.2 Å². The Morgan fingerprint density at radius 3 is 2.57 bits per heavy atom. The van der Waals surface area contributed by atoms with Crippen LogP contribution in [-0.2, 0) is 4.79 Å². The summed E-state index contributed by atoms with van der Waals surface area (Å²) in [6.45, 7) is 10.9. The molecule has 23 heavy (non-hydrogen) atoms. The molecule has 1 aromatic rings. The predicted molar refractivity (Wildman–Crippen MR) is 88.4 cm³/mol. The highest BCUT2D eigenvalue weighted by Crippen LogP contribution is 2.20. The van der Waals surface area contributed by atoms with Gasteiger partial charge < -0.3 is 15.2 Å². The maximum absolute atomic E-state index is 12.4. The van der Waals surface area contributed by atoms with Crippen LogP contribution in [0.5, 0.6) is 0 Å². The van der Waals surface area contributed by atoms with E-state index in [0.717, 1.165) is 5.69 Å². The molecule has 2 rings (SSSR count). The Bertz CT molecular complexity index is 685. The minimum Gasteiger partial charge on any atom is -0.347 e. The van der Waals surface area contributed by atoms with E-state index in [-0.39, 0.29) is 29.3 Å². The molecule has 1 aliphatic heterocycles. The number of amides is 2. The molecule has 1 aliphatic rings. The molecular formula is C17H25N3O3. The van der Waals surface area contributed by atoms with Gasteiger partial charge in [-0.2, -0.15) is 0 Å². The van der Waals surface area contributed by atoms with Crippen LogP contribution in [0.25, 0.3) is 0 Å². The van der Waals surface area contributed by atoms with E-state index in [1.165, 1.54) is 0 Å². The zero-order chi connectivity index (χ0) is 17.4. The molecule has 0 radical (unpaired) electrons. The number of carbonyl (C=O) groups excluding carboxylic acids is 2. The van der Waals surface area contributed by atoms with Gasteiger partial charge in [-0.05, 0) is 30.9 Å². The molecule has 6 nitrogen and oxygen atoms in total. The lowest BCUT2D eigenvalue weighted by molar-refractivity contribution is -0.128. The van der Waals surface area contributed by atoms with Gasteiger partial charge in [-0.25, -0.2) is 0 Å². The number of H-pyrrole nitrogens is 1. The van der Waals surface area contributed by atoms with Gasteiger partial charge in [-0.15, -0.1) is 0 Å². The first-order valence-electron chi connectivity index (χ1n) is 7.86. The molecule has 2 N–H and O–H groups in total. The third-order valence-corrected chi connectivity index (χ3v) is 3.81. The van der Waals surface area contributed by atoms with Crippen molar-refractivity contribution in [3.8, 4) is 0 Å². The van der Waals surface area contributed by atoms with Crippen molar-refractivity contribution in [2.45, 2.75) is 47.1 Å². The molecule has 2 heterocycles. The average molecular weight is 319 g/mol. The molecule has 0 bridgehead atoms. The van der Waals surface area contributed by atoms with Crippen molar-refractivity contribution in [2.75, 3.05) is 13.1 Å². The summed E-state index contributed by atoms with van der Waals surface area (Å²) < 4.78 is 0. The molecule has 1 fully saturated rings. The number of aryl methyl sites for hydroxylation is 2. The highest BCUT2D eigenvalue weighted by Gasteiger charge is 2.33. The van der Waals surface area contributed by atoms with E-state index in [9.17, 15) is 14.4 Å². The van der Waals surface area contributed by atoms with E-state index in [0.29, 0.717) is 18.7 Å². The van der Waals surface area contributed by atoms with Gasteiger partial charge in [-0.1, -0.05) is 20.8 Å². The first kappa shape index (κ1) is 17.2. The van der Waals surface area contributed by atoms with Gasteiger partial charge in [0.15, 0.2) is 0 Å². The minimum atomic E-state index is -0.417. The number of likely N-dealkylation sites (tertiary alicyclic amines) is 1. The van der Waals surface area contributed by atoms with Crippen LogP contribution in [-0.4, -0.2) is 40.8 Å². The Balaban J connectivity index is 2.08. The van der Waals surface area contributed by atoms with Crippen molar-refractivity contribution >= 4 is 11.8 Å². The van der Waals surface area contributed by atoms with Crippen LogP contribution in [0.4, 0.5) is 0 Å². The topological polar surface area (TPSA) is 82.3 Å². The fraction of sp³-hybridized carbons (Fsp3) is 0.588. The fourth-order valence-electron chi connectivity index (χ4n) is 2.99. The molecule has 1 saturated heterocycles. The molecule has 1 aromatic heterocycles. The van der Waals surface area contributed by atoms with Crippen LogP contribution < -0.4 is 10.9 Å². The van der Waals surface area contributed by atoms with E-state index in [4.69, 9.17) is 0 Å². The summed E-state index contributed by atoms with van der Waals surface area (Å²) in [4.78, 5) is 40.9. The van der Waals surface area contributed by atoms with Gasteiger partial charge in [0.2, 0.25) is 5.91 Å². The molecule has 126 valence electrons. The summed E-state index contributed by atoms with van der Waals surface area (Å²) >= 11 is 0. The lowest BCUT2D eigenvalue weighted by Crippen LogP contribution is -2.41. The zero-order valence-electron chi connectivity index (χ0n) is 14.4. The van der Waals surface area contributed by atoms with Gasteiger partial charge in [0.1, 0.15) is 5.56 Å². The van der Waals surface area contributed by atoms with Crippen LogP contribution in [0.1, 0.15) is 48.8 Å². The number of hydrogen-bond donors (Lipinski definition) is 2. The molecule has 6 heteroatoms. The second-order valence-electron chi connectivity index (χ2n) is 7.55. The quantitative estimate of drug-likeness (QED) is 0.883. The third-order valence-electron chi connectivity index (χ3n) is 3.81. The Morgan fingerprint density at radius 1 is 1.35 bits per heavy atom. The van der Waals surface area contributed by atoms with Crippen LogP contribution in [0.15, 0.2) is 10.9 Å². The Labute approximate surface area is 136 Å². The Morgan fingerprint density at radius 2 is 2.00 bits per heavy atom. The summed E-state index contributed by atoms with van der Waals surface area (Å²) in [5, 5.41) is 2.82. The van der Waals surface area contributed by atoms with Crippen molar-refractivity contribution in [2.24, 2.45) is 5.41 Å². The monoisotopic (exact) mass is 319 g/mol. The number of hydrogen-bond acceptors (Lipinski definition) is 3. The standard InChI is InChI=1S/C17H25N3O3/c1-10-6-11(2)18-15(22)14(10)16(23)19-12-7-13(21)20(8-12)9-17(3,4)5/h6,12H,7-9H2,1-5H3,(H,18,22)(H,19,23). The Kier molecular flexibility index (Phi) is 4.63. The van der Waals surface area contributed by atoms with Gasteiger partial charge in [-0.3, -0.25) is 14.4 Å². The zero-order valence-corrected chi connectivity index (χ0v) is 14.4. The van der Waals surface area contributed by atoms with E-state index >= 15 is 0 Å². The van der Waals surface area contributed by atoms with Crippen molar-refractivity contribution < 1.29 is 9.59 Å². The van der Waals surface area contributed by atoms with Crippen LogP contribution >= 0.6 is 0 Å². The van der Waals surface area contributed by atoms with E-state index in [1.807, 2.05) is 0 Å². The number of nitrogens with zero attached hydrogens (tertiary/aromatic N) is 1. The summed E-state index contributed by atoms with van der Waals surface area (Å²) in [6.07, 6.45) is 0.282. The van der Waals surface area contributed by atoms with E-state index < -0.39 is 11.5 Å². The molecule has 0 aromatic carbocycles. The molecule has 0 saturated carbocycles. The van der Waals surface area contributed by atoms with Gasteiger partial charge in [0.25, 0.3) is 11.5 Å². The predicted octanol–water partition coefficient (Wildman–Crippen LogP) is 1.37. The van der Waals surface area contributed by atoms with Crippen molar-refractivity contribution in [3.05, 3.63) is 33.2 Å². The van der Waals surface area contributed by atoms with Crippen LogP contribution in [0.3, 0.4) is 0 Å². The first-order valence-corrected chi connectivity index (χ1v) is 7.86. The second kappa shape index (κ2) is 6.18. The normalized spacial score (nSPS) is 18.4. The van der Waals surface area contributed by atoms with E-state index in [1.54, 1.807) is 24.8 Å². The molecule has 1 atom stereocenters. The third kappa shape index (κ3) is 4.21. The fourth-order valence-corrected chi connectivity index (χ4v) is 2.99. The largest absolute Gasteiger partial charge is 0.347 e. The number of aromatic nitrogens is 1. The SMILES string of the molecule is Cc1cc(C)c(C(=O)NC2CC(=O)N(CC(C)(C)C)C2)c(=O)[nH]1. The molecule has 0 spiro atoms. The molecule has 1 unspecified atom stereocenters. The minimum absolute atomic E-state index is 0.0131. The molecule has 2 amide bonds. The smallest absolute Gasteiger partial charge is 0.261 e. The van der Waals surface area contributed by atoms with E-state index in [2.05, 4.69) is 31.1 Å². The number of carbonyl (C=O) groups is 2. The first-order chi connectivity index (χ1) is 10.6. The highest BCUT2D eigenvalue weighted by molar-refractivity contribution is 5.96. The Hall–Kier alpha value is -2.11. The number of aromatic amines is 1. The van der Waals surface area contributed by atoms with Crippen LogP contribution in [0.2, 0.25) is 0 Å². The van der Waals surface area contributed by atoms with Gasteiger partial charge >= 0.3 is 0 Å². The highest BCUT2D eigenvalue weighted by atomic mass is 16.2. The maximum atomic E-state index is 12.4.